The van der Waals surface area contributed by atoms with Crippen LogP contribution in [-0.2, 0) is 16.1 Å². The molecule has 2 heteroatoms. The molecule has 2 nitrogen and oxygen atoms in total. The van der Waals surface area contributed by atoms with E-state index in [-0.39, 0.29) is 0 Å². The van der Waals surface area contributed by atoms with Gasteiger partial charge in [-0.2, -0.15) is 0 Å². The summed E-state index contributed by atoms with van der Waals surface area (Å²) in [5.41, 5.74) is 1.26. The summed E-state index contributed by atoms with van der Waals surface area (Å²) < 4.78 is 5.68. The average Bonchev–Trinajstić information content (AvgIpc) is 2.52. The van der Waals surface area contributed by atoms with Gasteiger partial charge in [-0.3, -0.25) is 0 Å². The van der Waals surface area contributed by atoms with E-state index in [1.807, 2.05) is 6.07 Å². The van der Waals surface area contributed by atoms with Gasteiger partial charge < -0.3 is 9.53 Å². The van der Waals surface area contributed by atoms with E-state index in [0.717, 1.165) is 26.1 Å². The summed E-state index contributed by atoms with van der Waals surface area (Å²) in [6.07, 6.45) is 12.1. The van der Waals surface area contributed by atoms with Gasteiger partial charge in [0.25, 0.3) is 0 Å². The molecule has 0 aromatic heterocycles. The summed E-state index contributed by atoms with van der Waals surface area (Å²) in [7, 11) is 0. The van der Waals surface area contributed by atoms with Crippen LogP contribution in [0.25, 0.3) is 0 Å². The Morgan fingerprint density at radius 2 is 1.36 bits per heavy atom. The molecule has 0 spiro atoms. The normalized spacial score (nSPS) is 10.8. The molecule has 1 rings (SSSR count). The summed E-state index contributed by atoms with van der Waals surface area (Å²) in [6, 6.07) is 10.4. The minimum atomic E-state index is 0.328. The lowest BCUT2D eigenvalue weighted by atomic mass is 10.1. The predicted octanol–water partition coefficient (Wildman–Crippen LogP) is 5.69. The molecule has 0 atom stereocenters. The highest BCUT2D eigenvalue weighted by molar-refractivity contribution is 5.75. The van der Waals surface area contributed by atoms with Gasteiger partial charge in [0.1, 0.15) is 5.78 Å². The number of carbonyl (C=O) groups excluding carboxylic acids is 1. The number of hydrogen-bond acceptors (Lipinski definition) is 2. The lowest BCUT2D eigenvalue weighted by Crippen LogP contribution is -1.95. The van der Waals surface area contributed by atoms with E-state index < -0.39 is 0 Å². The third kappa shape index (κ3) is 11.5. The highest BCUT2D eigenvalue weighted by Gasteiger charge is 1.96. The van der Waals surface area contributed by atoms with Crippen LogP contribution in [0, 0.1) is 0 Å². The van der Waals surface area contributed by atoms with Crippen LogP contribution in [0.4, 0.5) is 0 Å². The molecule has 0 radical (unpaired) electrons. The van der Waals surface area contributed by atoms with E-state index in [2.05, 4.69) is 24.3 Å². The Bertz CT molecular complexity index is 373. The second-order valence-corrected chi connectivity index (χ2v) is 6.17. The number of benzene rings is 1. The molecule has 0 bridgehead atoms. The Hall–Kier alpha value is -1.15. The minimum Gasteiger partial charge on any atom is -0.377 e. The molecule has 0 aliphatic heterocycles. The highest BCUT2D eigenvalue weighted by atomic mass is 16.5. The summed E-state index contributed by atoms with van der Waals surface area (Å²) in [4.78, 5) is 10.8. The Kier molecular flexibility index (Phi) is 11.6. The Labute approximate surface area is 136 Å². The quantitative estimate of drug-likeness (QED) is 0.412. The van der Waals surface area contributed by atoms with E-state index in [9.17, 15) is 4.79 Å². The van der Waals surface area contributed by atoms with E-state index in [1.54, 1.807) is 6.92 Å². The Balaban J connectivity index is 1.76. The second kappa shape index (κ2) is 13.5. The van der Waals surface area contributed by atoms with Gasteiger partial charge in [0.15, 0.2) is 0 Å². The topological polar surface area (TPSA) is 26.3 Å². The van der Waals surface area contributed by atoms with Gasteiger partial charge in [-0.15, -0.1) is 0 Å². The van der Waals surface area contributed by atoms with E-state index >= 15 is 0 Å². The van der Waals surface area contributed by atoms with E-state index in [0.29, 0.717) is 5.78 Å². The number of ether oxygens (including phenoxy) is 1. The van der Waals surface area contributed by atoms with Gasteiger partial charge in [0.2, 0.25) is 0 Å². The molecule has 0 aliphatic rings. The van der Waals surface area contributed by atoms with Crippen LogP contribution in [0.1, 0.15) is 76.7 Å². The van der Waals surface area contributed by atoms with Crippen molar-refractivity contribution in [3.8, 4) is 0 Å². The zero-order valence-electron chi connectivity index (χ0n) is 14.2. The number of unbranched alkanes of at least 4 members (excludes halogenated alkanes) is 8. The lowest BCUT2D eigenvalue weighted by Gasteiger charge is -2.05. The average molecular weight is 304 g/mol. The molecular weight excluding hydrogens is 272 g/mol. The predicted molar refractivity (Wildman–Crippen MR) is 92.9 cm³/mol. The zero-order valence-corrected chi connectivity index (χ0v) is 14.2. The molecule has 0 unspecified atom stereocenters. The lowest BCUT2D eigenvalue weighted by molar-refractivity contribution is -0.117. The monoisotopic (exact) mass is 304 g/mol. The summed E-state index contributed by atoms with van der Waals surface area (Å²) in [5.74, 6) is 0.328. The smallest absolute Gasteiger partial charge is 0.129 e. The molecule has 0 N–H and O–H groups in total. The molecule has 22 heavy (non-hydrogen) atoms. The number of ketones is 1. The van der Waals surface area contributed by atoms with Gasteiger partial charge in [-0.05, 0) is 25.3 Å². The first-order valence-corrected chi connectivity index (χ1v) is 8.90. The maximum atomic E-state index is 10.8. The van der Waals surface area contributed by atoms with Crippen molar-refractivity contribution in [1.82, 2.24) is 0 Å². The van der Waals surface area contributed by atoms with Crippen LogP contribution in [0.3, 0.4) is 0 Å². The van der Waals surface area contributed by atoms with Crippen LogP contribution in [-0.4, -0.2) is 12.4 Å². The van der Waals surface area contributed by atoms with Gasteiger partial charge in [0, 0.05) is 13.0 Å². The number of carbonyl (C=O) groups is 1. The van der Waals surface area contributed by atoms with Crippen LogP contribution in [0.15, 0.2) is 30.3 Å². The summed E-state index contributed by atoms with van der Waals surface area (Å²) >= 11 is 0. The van der Waals surface area contributed by atoms with Crippen LogP contribution in [0.5, 0.6) is 0 Å². The van der Waals surface area contributed by atoms with Crippen molar-refractivity contribution in [2.45, 2.75) is 77.7 Å². The fourth-order valence-corrected chi connectivity index (χ4v) is 2.58. The fourth-order valence-electron chi connectivity index (χ4n) is 2.58. The first-order valence-electron chi connectivity index (χ1n) is 8.90. The van der Waals surface area contributed by atoms with Gasteiger partial charge >= 0.3 is 0 Å². The first kappa shape index (κ1) is 18.9. The van der Waals surface area contributed by atoms with Crippen molar-refractivity contribution >= 4 is 5.78 Å². The largest absolute Gasteiger partial charge is 0.377 e. The summed E-state index contributed by atoms with van der Waals surface area (Å²) in [5, 5.41) is 0. The van der Waals surface area contributed by atoms with Crippen molar-refractivity contribution in [3.63, 3.8) is 0 Å². The molecule has 124 valence electrons. The van der Waals surface area contributed by atoms with E-state index in [1.165, 1.54) is 56.9 Å². The zero-order chi connectivity index (χ0) is 15.9. The maximum Gasteiger partial charge on any atom is 0.129 e. The maximum absolute atomic E-state index is 10.8. The Morgan fingerprint density at radius 3 is 1.95 bits per heavy atom. The molecule has 0 heterocycles. The van der Waals surface area contributed by atoms with Gasteiger partial charge in [-0.25, -0.2) is 0 Å². The molecule has 1 aromatic carbocycles. The van der Waals surface area contributed by atoms with Crippen LogP contribution in [0.2, 0.25) is 0 Å². The van der Waals surface area contributed by atoms with Crippen LogP contribution < -0.4 is 0 Å². The molecular formula is C20H32O2. The summed E-state index contributed by atoms with van der Waals surface area (Å²) in [6.45, 7) is 3.30. The van der Waals surface area contributed by atoms with Crippen molar-refractivity contribution in [2.24, 2.45) is 0 Å². The first-order chi connectivity index (χ1) is 10.8. The van der Waals surface area contributed by atoms with Gasteiger partial charge in [-0.1, -0.05) is 75.3 Å². The Morgan fingerprint density at radius 1 is 0.818 bits per heavy atom. The van der Waals surface area contributed by atoms with Gasteiger partial charge in [0.05, 0.1) is 6.61 Å². The second-order valence-electron chi connectivity index (χ2n) is 6.17. The third-order valence-corrected chi connectivity index (χ3v) is 3.93. The number of hydrogen-bond donors (Lipinski definition) is 0. The fraction of sp³-hybridized carbons (Fsp3) is 0.650. The van der Waals surface area contributed by atoms with Crippen molar-refractivity contribution < 1.29 is 9.53 Å². The number of rotatable bonds is 14. The highest BCUT2D eigenvalue weighted by Crippen LogP contribution is 2.11. The van der Waals surface area contributed by atoms with Crippen molar-refractivity contribution in [2.75, 3.05) is 6.61 Å². The van der Waals surface area contributed by atoms with Crippen molar-refractivity contribution in [3.05, 3.63) is 35.9 Å². The number of Topliss-reactive ketones (excluding diaryl/α,β-unsaturated/α-hetero) is 1. The minimum absolute atomic E-state index is 0.328. The molecule has 0 fully saturated rings. The van der Waals surface area contributed by atoms with Crippen LogP contribution >= 0.6 is 0 Å². The standard InChI is InChI=1S/C20H32O2/c1-19(21)14-10-7-5-3-2-4-6-8-13-17-22-18-20-15-11-9-12-16-20/h9,11-12,15-16H,2-8,10,13-14,17-18H2,1H3. The molecule has 0 saturated carbocycles. The third-order valence-electron chi connectivity index (χ3n) is 3.93. The molecule has 0 aliphatic carbocycles. The van der Waals surface area contributed by atoms with Crippen molar-refractivity contribution in [1.29, 1.82) is 0 Å². The SMILES string of the molecule is CC(=O)CCCCCCCCCCCOCc1ccccc1. The molecule has 1 aromatic rings. The molecule has 0 amide bonds. The molecule has 0 saturated heterocycles. The van der Waals surface area contributed by atoms with E-state index in [4.69, 9.17) is 4.74 Å².